The highest BCUT2D eigenvalue weighted by molar-refractivity contribution is 6.30. The second kappa shape index (κ2) is 11.3. The largest absolute Gasteiger partial charge is 0.385 e. The zero-order chi connectivity index (χ0) is 28.4. The maximum atomic E-state index is 12.9. The molecule has 0 spiro atoms. The van der Waals surface area contributed by atoms with E-state index in [0.29, 0.717) is 55.3 Å². The van der Waals surface area contributed by atoms with Crippen LogP contribution in [0.25, 0.3) is 5.65 Å². The van der Waals surface area contributed by atoms with Crippen LogP contribution < -0.4 is 4.90 Å². The molecule has 0 bridgehead atoms. The summed E-state index contributed by atoms with van der Waals surface area (Å²) in [4.78, 5) is 25.9. The molecular weight excluding hydrogens is 536 g/mol. The monoisotopic (exact) mass is 566 g/mol. The summed E-state index contributed by atoms with van der Waals surface area (Å²) in [5.74, 6) is 0.667. The fourth-order valence-corrected chi connectivity index (χ4v) is 5.56. The number of nitrogens with zero attached hydrogens (tertiary/aromatic N) is 6. The number of aromatic nitrogens is 4. The Labute approximate surface area is 243 Å². The van der Waals surface area contributed by atoms with Crippen LogP contribution in [0.4, 0.5) is 5.69 Å². The van der Waals surface area contributed by atoms with Gasteiger partial charge in [-0.2, -0.15) is 5.10 Å². The van der Waals surface area contributed by atoms with Gasteiger partial charge < -0.3 is 14.9 Å². The van der Waals surface area contributed by atoms with E-state index in [1.54, 1.807) is 24.3 Å². The third-order valence-corrected chi connectivity index (χ3v) is 8.00. The standard InChI is InChI=1S/C32H31ClN6O2/c1-37(22-24-4-2-16-34-21-24)31(40)25-8-6-23(7-9-25)20-29-35-30-28(5-3-17-39(30)36-29)38-18-14-32(41,15-19-38)26-10-12-27(33)13-11-26/h2-13,16-17,21,41H,14-15,18-20,22H2,1H3. The maximum absolute atomic E-state index is 12.9. The lowest BCUT2D eigenvalue weighted by Gasteiger charge is -2.39. The summed E-state index contributed by atoms with van der Waals surface area (Å²) in [5.41, 5.74) is 4.47. The molecule has 5 aromatic rings. The normalized spacial score (nSPS) is 14.8. The summed E-state index contributed by atoms with van der Waals surface area (Å²) in [5, 5.41) is 16.7. The number of hydrogen-bond acceptors (Lipinski definition) is 6. The lowest BCUT2D eigenvalue weighted by atomic mass is 9.84. The van der Waals surface area contributed by atoms with Crippen LogP contribution in [0.15, 0.2) is 91.4 Å². The summed E-state index contributed by atoms with van der Waals surface area (Å²) in [6, 6.07) is 23.0. The molecule has 2 aromatic carbocycles. The van der Waals surface area contributed by atoms with Crippen molar-refractivity contribution in [1.29, 1.82) is 0 Å². The van der Waals surface area contributed by atoms with Gasteiger partial charge in [-0.25, -0.2) is 9.50 Å². The molecule has 0 aliphatic carbocycles. The molecule has 1 saturated heterocycles. The highest BCUT2D eigenvalue weighted by Gasteiger charge is 2.34. The predicted molar refractivity (Wildman–Crippen MR) is 159 cm³/mol. The van der Waals surface area contributed by atoms with Gasteiger partial charge in [-0.15, -0.1) is 0 Å². The van der Waals surface area contributed by atoms with Crippen molar-refractivity contribution in [3.63, 3.8) is 0 Å². The minimum absolute atomic E-state index is 0.0413. The second-order valence-electron chi connectivity index (χ2n) is 10.6. The zero-order valence-electron chi connectivity index (χ0n) is 22.8. The van der Waals surface area contributed by atoms with Gasteiger partial charge in [0.25, 0.3) is 5.91 Å². The third-order valence-electron chi connectivity index (χ3n) is 7.75. The fraction of sp³-hybridized carbons (Fsp3) is 0.250. The number of anilines is 1. The summed E-state index contributed by atoms with van der Waals surface area (Å²) < 4.78 is 1.82. The van der Waals surface area contributed by atoms with Gasteiger partial charge in [-0.3, -0.25) is 9.78 Å². The van der Waals surface area contributed by atoms with Crippen LogP contribution in [-0.4, -0.2) is 55.6 Å². The van der Waals surface area contributed by atoms with Crippen molar-refractivity contribution < 1.29 is 9.90 Å². The van der Waals surface area contributed by atoms with E-state index < -0.39 is 5.60 Å². The maximum Gasteiger partial charge on any atom is 0.253 e. The molecule has 8 nitrogen and oxygen atoms in total. The summed E-state index contributed by atoms with van der Waals surface area (Å²) in [6.45, 7) is 1.90. The van der Waals surface area contributed by atoms with Crippen LogP contribution in [0.3, 0.4) is 0 Å². The highest BCUT2D eigenvalue weighted by Crippen LogP contribution is 2.35. The molecule has 1 amide bonds. The molecule has 1 aliphatic rings. The van der Waals surface area contributed by atoms with Crippen molar-refractivity contribution in [3.8, 4) is 0 Å². The topological polar surface area (TPSA) is 86.9 Å². The number of rotatable bonds is 7. The van der Waals surface area contributed by atoms with E-state index in [9.17, 15) is 9.90 Å². The minimum Gasteiger partial charge on any atom is -0.385 e. The first-order chi connectivity index (χ1) is 19.9. The van der Waals surface area contributed by atoms with Crippen molar-refractivity contribution in [1.82, 2.24) is 24.5 Å². The molecule has 0 atom stereocenters. The Kier molecular flexibility index (Phi) is 7.43. The molecule has 0 saturated carbocycles. The van der Waals surface area contributed by atoms with E-state index in [-0.39, 0.29) is 5.91 Å². The average Bonchev–Trinajstić information content (AvgIpc) is 3.41. The van der Waals surface area contributed by atoms with E-state index in [1.807, 2.05) is 77.4 Å². The molecule has 4 heterocycles. The first-order valence-corrected chi connectivity index (χ1v) is 14.1. The van der Waals surface area contributed by atoms with Crippen LogP contribution in [-0.2, 0) is 18.6 Å². The van der Waals surface area contributed by atoms with E-state index >= 15 is 0 Å². The molecule has 1 fully saturated rings. The first kappa shape index (κ1) is 26.9. The van der Waals surface area contributed by atoms with Gasteiger partial charge in [-0.05, 0) is 72.0 Å². The minimum atomic E-state index is -0.869. The van der Waals surface area contributed by atoms with Crippen molar-refractivity contribution in [2.45, 2.75) is 31.4 Å². The Balaban J connectivity index is 1.13. The van der Waals surface area contributed by atoms with Crippen LogP contribution in [0.5, 0.6) is 0 Å². The number of benzene rings is 2. The van der Waals surface area contributed by atoms with Gasteiger partial charge >= 0.3 is 0 Å². The number of aliphatic hydroxyl groups is 1. The predicted octanol–water partition coefficient (Wildman–Crippen LogP) is 5.13. The van der Waals surface area contributed by atoms with Gasteiger partial charge in [0, 0.05) is 62.3 Å². The Morgan fingerprint density at radius 1 is 1.00 bits per heavy atom. The Morgan fingerprint density at radius 2 is 1.76 bits per heavy atom. The number of fused-ring (bicyclic) bond motifs is 1. The van der Waals surface area contributed by atoms with E-state index in [4.69, 9.17) is 21.7 Å². The number of hydrogen-bond donors (Lipinski definition) is 1. The molecule has 0 unspecified atom stereocenters. The molecule has 9 heteroatoms. The Hall–Kier alpha value is -4.27. The van der Waals surface area contributed by atoms with Crippen LogP contribution in [0.1, 0.15) is 45.7 Å². The molecule has 0 radical (unpaired) electrons. The van der Waals surface area contributed by atoms with E-state index in [1.165, 1.54) is 0 Å². The molecular formula is C32H31ClN6O2. The third kappa shape index (κ3) is 5.80. The SMILES string of the molecule is CN(Cc1cccnc1)C(=O)c1ccc(Cc2nc3c(N4CCC(O)(c5ccc(Cl)cc5)CC4)cccn3n2)cc1. The number of piperidine rings is 1. The number of pyridine rings is 2. The zero-order valence-corrected chi connectivity index (χ0v) is 23.6. The van der Waals surface area contributed by atoms with E-state index in [2.05, 4.69) is 16.0 Å². The lowest BCUT2D eigenvalue weighted by Crippen LogP contribution is -2.42. The quantitative estimate of drug-likeness (QED) is 0.294. The number of amides is 1. The Bertz CT molecular complexity index is 1650. The van der Waals surface area contributed by atoms with Gasteiger partial charge in [-0.1, -0.05) is 41.9 Å². The van der Waals surface area contributed by atoms with Gasteiger partial charge in [0.1, 0.15) is 0 Å². The number of halogens is 1. The fourth-order valence-electron chi connectivity index (χ4n) is 5.43. The smallest absolute Gasteiger partial charge is 0.253 e. The molecule has 1 N–H and O–H groups in total. The average molecular weight is 567 g/mol. The van der Waals surface area contributed by atoms with Crippen molar-refractivity contribution in [2.75, 3.05) is 25.0 Å². The van der Waals surface area contributed by atoms with Crippen molar-refractivity contribution >= 4 is 28.8 Å². The second-order valence-corrected chi connectivity index (χ2v) is 11.0. The summed E-state index contributed by atoms with van der Waals surface area (Å²) in [6.07, 6.45) is 7.17. The number of carbonyl (C=O) groups excluding carboxylic acids is 1. The van der Waals surface area contributed by atoms with Gasteiger partial charge in [0.2, 0.25) is 0 Å². The summed E-state index contributed by atoms with van der Waals surface area (Å²) >= 11 is 6.04. The summed E-state index contributed by atoms with van der Waals surface area (Å²) in [7, 11) is 1.79. The van der Waals surface area contributed by atoms with E-state index in [0.717, 1.165) is 28.0 Å². The molecule has 41 heavy (non-hydrogen) atoms. The molecule has 208 valence electrons. The van der Waals surface area contributed by atoms with Crippen LogP contribution in [0.2, 0.25) is 5.02 Å². The highest BCUT2D eigenvalue weighted by atomic mass is 35.5. The van der Waals surface area contributed by atoms with Crippen LogP contribution in [0, 0.1) is 0 Å². The van der Waals surface area contributed by atoms with Gasteiger partial charge in [0.05, 0.1) is 11.3 Å². The molecule has 6 rings (SSSR count). The van der Waals surface area contributed by atoms with Crippen molar-refractivity contribution in [3.05, 3.63) is 124 Å². The lowest BCUT2D eigenvalue weighted by molar-refractivity contribution is 0.0118. The molecule has 3 aromatic heterocycles. The Morgan fingerprint density at radius 3 is 2.46 bits per heavy atom. The molecule has 1 aliphatic heterocycles. The van der Waals surface area contributed by atoms with Gasteiger partial charge in [0.15, 0.2) is 11.5 Å². The van der Waals surface area contributed by atoms with Crippen molar-refractivity contribution in [2.24, 2.45) is 0 Å². The number of carbonyl (C=O) groups is 1. The first-order valence-electron chi connectivity index (χ1n) is 13.7. The van der Waals surface area contributed by atoms with Crippen LogP contribution >= 0.6 is 11.6 Å².